The van der Waals surface area contributed by atoms with Crippen molar-refractivity contribution in [3.63, 3.8) is 0 Å². The van der Waals surface area contributed by atoms with Crippen LogP contribution < -0.4 is 5.73 Å². The monoisotopic (exact) mass is 284 g/mol. The number of hydrogen-bond acceptors (Lipinski definition) is 3. The number of pyridine rings is 1. The fourth-order valence-corrected chi connectivity index (χ4v) is 2.42. The first-order valence-corrected chi connectivity index (χ1v) is 7.04. The molecule has 108 valence electrons. The van der Waals surface area contributed by atoms with Gasteiger partial charge in [0.25, 0.3) is 0 Å². The maximum Gasteiger partial charge on any atom is 0.159 e. The van der Waals surface area contributed by atoms with Gasteiger partial charge in [-0.2, -0.15) is 0 Å². The number of imidazole rings is 1. The minimum Gasteiger partial charge on any atom is -0.326 e. The number of hydrogen-bond donors (Lipinski definition) is 1. The molecular weight excluding hydrogens is 267 g/mol. The van der Waals surface area contributed by atoms with Gasteiger partial charge in [-0.05, 0) is 36.2 Å². The van der Waals surface area contributed by atoms with Crippen LogP contribution in [0.25, 0.3) is 22.6 Å². The van der Waals surface area contributed by atoms with Gasteiger partial charge in [-0.25, -0.2) is 9.37 Å². The Morgan fingerprint density at radius 3 is 2.76 bits per heavy atom. The summed E-state index contributed by atoms with van der Waals surface area (Å²) in [6.45, 7) is 3.32. The van der Waals surface area contributed by atoms with Crippen molar-refractivity contribution in [3.8, 4) is 11.5 Å². The summed E-state index contributed by atoms with van der Waals surface area (Å²) in [5, 5.41) is 0. The number of nitrogens with zero attached hydrogens (tertiary/aromatic N) is 3. The minimum absolute atomic E-state index is 0.252. The first kappa shape index (κ1) is 13.7. The number of nitrogens with two attached hydrogens (primary N) is 1. The fraction of sp³-hybridized carbons (Fsp3) is 0.250. The molecule has 0 atom stereocenters. The first-order valence-electron chi connectivity index (χ1n) is 7.04. The van der Waals surface area contributed by atoms with Crippen LogP contribution in [0, 0.1) is 5.82 Å². The van der Waals surface area contributed by atoms with Crippen LogP contribution in [0.1, 0.15) is 18.9 Å². The zero-order valence-corrected chi connectivity index (χ0v) is 11.9. The van der Waals surface area contributed by atoms with E-state index in [4.69, 9.17) is 5.73 Å². The summed E-state index contributed by atoms with van der Waals surface area (Å²) < 4.78 is 15.5. The van der Waals surface area contributed by atoms with Crippen molar-refractivity contribution in [2.75, 3.05) is 0 Å². The zero-order valence-electron chi connectivity index (χ0n) is 11.9. The summed E-state index contributed by atoms with van der Waals surface area (Å²) >= 11 is 0. The number of aryl methyl sites for hydroxylation is 1. The minimum atomic E-state index is -0.252. The Kier molecular flexibility index (Phi) is 3.66. The summed E-state index contributed by atoms with van der Waals surface area (Å²) in [4.78, 5) is 9.02. The van der Waals surface area contributed by atoms with Crippen LogP contribution in [0.2, 0.25) is 0 Å². The second-order valence-electron chi connectivity index (χ2n) is 4.98. The Morgan fingerprint density at radius 1 is 1.24 bits per heavy atom. The van der Waals surface area contributed by atoms with E-state index < -0.39 is 0 Å². The van der Waals surface area contributed by atoms with Gasteiger partial charge in [0, 0.05) is 19.3 Å². The van der Waals surface area contributed by atoms with E-state index in [2.05, 4.69) is 16.9 Å². The van der Waals surface area contributed by atoms with Gasteiger partial charge in [-0.3, -0.25) is 4.98 Å². The normalized spacial score (nSPS) is 11.2. The topological polar surface area (TPSA) is 56.7 Å². The van der Waals surface area contributed by atoms with E-state index in [1.165, 1.54) is 12.1 Å². The summed E-state index contributed by atoms with van der Waals surface area (Å²) in [6, 6.07) is 8.51. The van der Waals surface area contributed by atoms with Crippen LogP contribution in [-0.2, 0) is 13.1 Å². The van der Waals surface area contributed by atoms with Crippen molar-refractivity contribution in [1.29, 1.82) is 0 Å². The molecular formula is C16H17FN4. The molecule has 0 saturated carbocycles. The molecule has 5 heteroatoms. The zero-order chi connectivity index (χ0) is 14.8. The molecule has 0 saturated heterocycles. The molecule has 2 aromatic heterocycles. The molecule has 0 amide bonds. The van der Waals surface area contributed by atoms with Gasteiger partial charge in [0.1, 0.15) is 11.5 Å². The Morgan fingerprint density at radius 2 is 2.10 bits per heavy atom. The Hall–Kier alpha value is -2.27. The maximum absolute atomic E-state index is 13.5. The van der Waals surface area contributed by atoms with Crippen molar-refractivity contribution in [3.05, 3.63) is 47.9 Å². The fourth-order valence-electron chi connectivity index (χ4n) is 2.42. The summed E-state index contributed by atoms with van der Waals surface area (Å²) in [6.07, 6.45) is 2.70. The molecule has 21 heavy (non-hydrogen) atoms. The van der Waals surface area contributed by atoms with Gasteiger partial charge in [0.2, 0.25) is 0 Å². The summed E-state index contributed by atoms with van der Waals surface area (Å²) in [5.74, 6) is 0.513. The van der Waals surface area contributed by atoms with Crippen molar-refractivity contribution in [2.45, 2.75) is 26.4 Å². The average molecular weight is 284 g/mol. The number of aromatic nitrogens is 3. The first-order chi connectivity index (χ1) is 10.2. The number of benzene rings is 1. The van der Waals surface area contributed by atoms with E-state index in [0.29, 0.717) is 6.54 Å². The SMILES string of the molecule is CCCn1c(-c2ccc(CN)cn2)nc2ccc(F)cc21. The van der Waals surface area contributed by atoms with Crippen LogP contribution in [0.5, 0.6) is 0 Å². The molecule has 2 N–H and O–H groups in total. The largest absolute Gasteiger partial charge is 0.326 e. The molecule has 3 aromatic rings. The second kappa shape index (κ2) is 5.61. The summed E-state index contributed by atoms with van der Waals surface area (Å²) in [7, 11) is 0. The molecule has 0 unspecified atom stereocenters. The predicted octanol–water partition coefficient (Wildman–Crippen LogP) is 3.11. The Balaban J connectivity index is 2.17. The molecule has 4 nitrogen and oxygen atoms in total. The molecule has 1 aromatic carbocycles. The number of rotatable bonds is 4. The number of halogens is 1. The van der Waals surface area contributed by atoms with E-state index in [-0.39, 0.29) is 5.82 Å². The van der Waals surface area contributed by atoms with Gasteiger partial charge in [-0.1, -0.05) is 13.0 Å². The highest BCUT2D eigenvalue weighted by Gasteiger charge is 2.13. The van der Waals surface area contributed by atoms with Gasteiger partial charge in [0.15, 0.2) is 5.82 Å². The molecule has 0 bridgehead atoms. The third-order valence-electron chi connectivity index (χ3n) is 3.45. The van der Waals surface area contributed by atoms with E-state index in [1.54, 1.807) is 12.3 Å². The molecule has 0 fully saturated rings. The number of fused-ring (bicyclic) bond motifs is 1. The van der Waals surface area contributed by atoms with Crippen LogP contribution in [-0.4, -0.2) is 14.5 Å². The predicted molar refractivity (Wildman–Crippen MR) is 81.1 cm³/mol. The Labute approximate surface area is 122 Å². The van der Waals surface area contributed by atoms with Crippen molar-refractivity contribution in [2.24, 2.45) is 5.73 Å². The van der Waals surface area contributed by atoms with Gasteiger partial charge < -0.3 is 10.3 Å². The van der Waals surface area contributed by atoms with Crippen molar-refractivity contribution in [1.82, 2.24) is 14.5 Å². The molecule has 0 spiro atoms. The maximum atomic E-state index is 13.5. The lowest BCUT2D eigenvalue weighted by atomic mass is 10.2. The lowest BCUT2D eigenvalue weighted by molar-refractivity contribution is 0.627. The van der Waals surface area contributed by atoms with Crippen LogP contribution in [0.3, 0.4) is 0 Å². The van der Waals surface area contributed by atoms with E-state index in [0.717, 1.165) is 41.1 Å². The van der Waals surface area contributed by atoms with Crippen molar-refractivity contribution >= 4 is 11.0 Å². The molecule has 0 aliphatic rings. The molecule has 0 radical (unpaired) electrons. The van der Waals surface area contributed by atoms with E-state index in [9.17, 15) is 4.39 Å². The average Bonchev–Trinajstić information content (AvgIpc) is 2.86. The van der Waals surface area contributed by atoms with Crippen LogP contribution >= 0.6 is 0 Å². The van der Waals surface area contributed by atoms with Crippen LogP contribution in [0.4, 0.5) is 4.39 Å². The van der Waals surface area contributed by atoms with Crippen LogP contribution in [0.15, 0.2) is 36.5 Å². The highest BCUT2D eigenvalue weighted by Crippen LogP contribution is 2.24. The third kappa shape index (κ3) is 2.52. The molecule has 2 heterocycles. The Bertz CT molecular complexity index is 762. The third-order valence-corrected chi connectivity index (χ3v) is 3.45. The highest BCUT2D eigenvalue weighted by molar-refractivity contribution is 5.80. The molecule has 3 rings (SSSR count). The lowest BCUT2D eigenvalue weighted by Gasteiger charge is -2.07. The quantitative estimate of drug-likeness (QED) is 0.801. The van der Waals surface area contributed by atoms with Gasteiger partial charge in [-0.15, -0.1) is 0 Å². The van der Waals surface area contributed by atoms with Gasteiger partial charge >= 0.3 is 0 Å². The smallest absolute Gasteiger partial charge is 0.159 e. The summed E-state index contributed by atoms with van der Waals surface area (Å²) in [5.41, 5.74) is 8.93. The van der Waals surface area contributed by atoms with Gasteiger partial charge in [0.05, 0.1) is 11.0 Å². The van der Waals surface area contributed by atoms with Crippen molar-refractivity contribution < 1.29 is 4.39 Å². The highest BCUT2D eigenvalue weighted by atomic mass is 19.1. The standard InChI is InChI=1S/C16H17FN4/c1-2-7-21-15-8-12(17)4-6-13(15)20-16(21)14-5-3-11(9-18)10-19-14/h3-6,8,10H,2,7,9,18H2,1H3. The lowest BCUT2D eigenvalue weighted by Crippen LogP contribution is -2.02. The van der Waals surface area contributed by atoms with E-state index in [1.807, 2.05) is 16.7 Å². The molecule has 0 aliphatic carbocycles. The molecule has 0 aliphatic heterocycles. The second-order valence-corrected chi connectivity index (χ2v) is 4.98. The van der Waals surface area contributed by atoms with E-state index >= 15 is 0 Å².